The maximum absolute atomic E-state index is 13.5. The molecule has 3 N–H and O–H groups in total. The molecule has 0 aliphatic heterocycles. The van der Waals surface area contributed by atoms with Crippen molar-refractivity contribution >= 4 is 11.6 Å². The highest BCUT2D eigenvalue weighted by Gasteiger charge is 2.19. The number of hydrogen-bond donors (Lipinski definition) is 2. The molecule has 2 aromatic rings. The number of aromatic nitrogens is 1. The lowest BCUT2D eigenvalue weighted by atomic mass is 10.1. The molecule has 1 heterocycles. The summed E-state index contributed by atoms with van der Waals surface area (Å²) in [6, 6.07) is 0.972. The summed E-state index contributed by atoms with van der Waals surface area (Å²) in [5.74, 6) is -1.72. The Balaban J connectivity index is 2.18. The summed E-state index contributed by atoms with van der Waals surface area (Å²) in [5, 5.41) is 2.50. The first-order valence-electron chi connectivity index (χ1n) is 5.86. The van der Waals surface area contributed by atoms with Gasteiger partial charge in [0.2, 0.25) is 5.89 Å². The fourth-order valence-electron chi connectivity index (χ4n) is 1.65. The second kappa shape index (κ2) is 5.28. The molecule has 1 aromatic heterocycles. The topological polar surface area (TPSA) is 81.2 Å². The van der Waals surface area contributed by atoms with Crippen LogP contribution in [-0.2, 0) is 0 Å². The highest BCUT2D eigenvalue weighted by Crippen LogP contribution is 2.18. The summed E-state index contributed by atoms with van der Waals surface area (Å²) in [5.41, 5.74) is 4.69. The maximum Gasteiger partial charge on any atom is 0.254 e. The number of hydrogen-bond acceptors (Lipinski definition) is 4. The second-order valence-corrected chi connectivity index (χ2v) is 4.36. The molecule has 2 rings (SSSR count). The number of halogens is 2. The van der Waals surface area contributed by atoms with Gasteiger partial charge in [-0.2, -0.15) is 0 Å². The Labute approximate surface area is 113 Å². The van der Waals surface area contributed by atoms with Crippen LogP contribution in [0.1, 0.15) is 35.0 Å². The van der Waals surface area contributed by atoms with E-state index >= 15 is 0 Å². The summed E-state index contributed by atoms with van der Waals surface area (Å²) in [7, 11) is 0. The molecule has 0 spiro atoms. The number of oxazole rings is 1. The van der Waals surface area contributed by atoms with Gasteiger partial charge in [0.25, 0.3) is 5.91 Å². The third-order valence-electron chi connectivity index (χ3n) is 2.69. The van der Waals surface area contributed by atoms with Crippen molar-refractivity contribution in [3.05, 3.63) is 47.2 Å². The Hall–Kier alpha value is -2.44. The van der Waals surface area contributed by atoms with E-state index in [0.717, 1.165) is 6.07 Å². The quantitative estimate of drug-likeness (QED) is 0.846. The van der Waals surface area contributed by atoms with Crippen molar-refractivity contribution in [2.45, 2.75) is 19.9 Å². The van der Waals surface area contributed by atoms with Gasteiger partial charge in [-0.05, 0) is 19.9 Å². The van der Waals surface area contributed by atoms with Crippen molar-refractivity contribution in [1.29, 1.82) is 0 Å². The van der Waals surface area contributed by atoms with Crippen LogP contribution < -0.4 is 11.1 Å². The molecule has 1 atom stereocenters. The van der Waals surface area contributed by atoms with Crippen molar-refractivity contribution < 1.29 is 18.0 Å². The maximum atomic E-state index is 13.5. The number of nitrogens with one attached hydrogen (secondary N) is 1. The molecule has 106 valence electrons. The minimum Gasteiger partial charge on any atom is -0.444 e. The predicted octanol–water partition coefficient (Wildman–Crippen LogP) is 2.33. The standard InChI is InChI=1S/C13H13F2N3O2/c1-6-5-17-13(20-6)7(2)18-12(19)8-3-11(16)10(15)4-9(8)14/h3-5,7H,16H2,1-2H3,(H,18,19). The van der Waals surface area contributed by atoms with Gasteiger partial charge in [0, 0.05) is 6.07 Å². The summed E-state index contributed by atoms with van der Waals surface area (Å²) in [4.78, 5) is 15.9. The first kappa shape index (κ1) is 14.0. The van der Waals surface area contributed by atoms with Crippen LogP contribution >= 0.6 is 0 Å². The van der Waals surface area contributed by atoms with Crippen LogP contribution in [0, 0.1) is 18.6 Å². The third kappa shape index (κ3) is 2.76. The monoisotopic (exact) mass is 281 g/mol. The lowest BCUT2D eigenvalue weighted by molar-refractivity contribution is 0.0929. The fourth-order valence-corrected chi connectivity index (χ4v) is 1.65. The Morgan fingerprint density at radius 2 is 2.10 bits per heavy atom. The summed E-state index contributed by atoms with van der Waals surface area (Å²) >= 11 is 0. The first-order valence-corrected chi connectivity index (χ1v) is 5.86. The average molecular weight is 281 g/mol. The molecule has 0 saturated carbocycles. The number of benzene rings is 1. The van der Waals surface area contributed by atoms with E-state index in [0.29, 0.717) is 17.7 Å². The Kier molecular flexibility index (Phi) is 3.69. The van der Waals surface area contributed by atoms with Crippen molar-refractivity contribution in [2.24, 2.45) is 0 Å². The van der Waals surface area contributed by atoms with Gasteiger partial charge < -0.3 is 15.5 Å². The van der Waals surface area contributed by atoms with Gasteiger partial charge in [0.15, 0.2) is 0 Å². The third-order valence-corrected chi connectivity index (χ3v) is 2.69. The van der Waals surface area contributed by atoms with Gasteiger partial charge in [0.1, 0.15) is 23.4 Å². The molecule has 0 aliphatic rings. The molecule has 1 aromatic carbocycles. The van der Waals surface area contributed by atoms with E-state index in [-0.39, 0.29) is 11.3 Å². The smallest absolute Gasteiger partial charge is 0.254 e. The van der Waals surface area contributed by atoms with Crippen LogP contribution in [0.4, 0.5) is 14.5 Å². The zero-order valence-electron chi connectivity index (χ0n) is 10.9. The summed E-state index contributed by atoms with van der Waals surface area (Å²) in [6.07, 6.45) is 1.51. The zero-order chi connectivity index (χ0) is 14.9. The van der Waals surface area contributed by atoms with Crippen LogP contribution in [0.5, 0.6) is 0 Å². The van der Waals surface area contributed by atoms with Crippen molar-refractivity contribution in [3.8, 4) is 0 Å². The van der Waals surface area contributed by atoms with Crippen molar-refractivity contribution in [3.63, 3.8) is 0 Å². The molecule has 0 fully saturated rings. The molecule has 0 saturated heterocycles. The van der Waals surface area contributed by atoms with Gasteiger partial charge >= 0.3 is 0 Å². The largest absolute Gasteiger partial charge is 0.444 e. The molecular formula is C13H13F2N3O2. The molecule has 1 amide bonds. The minimum atomic E-state index is -0.981. The number of carbonyl (C=O) groups excluding carboxylic acids is 1. The fraction of sp³-hybridized carbons (Fsp3) is 0.231. The number of aryl methyl sites for hydroxylation is 1. The molecule has 7 heteroatoms. The Morgan fingerprint density at radius 1 is 1.40 bits per heavy atom. The molecule has 0 aliphatic carbocycles. The van der Waals surface area contributed by atoms with Gasteiger partial charge in [-0.1, -0.05) is 0 Å². The highest BCUT2D eigenvalue weighted by atomic mass is 19.1. The predicted molar refractivity (Wildman–Crippen MR) is 67.9 cm³/mol. The number of nitrogens with zero attached hydrogens (tertiary/aromatic N) is 1. The minimum absolute atomic E-state index is 0.295. The van der Waals surface area contributed by atoms with E-state index in [1.807, 2.05) is 0 Å². The van der Waals surface area contributed by atoms with Crippen LogP contribution in [0.2, 0.25) is 0 Å². The highest BCUT2D eigenvalue weighted by molar-refractivity contribution is 5.95. The normalized spacial score (nSPS) is 12.2. The lowest BCUT2D eigenvalue weighted by Gasteiger charge is -2.11. The number of nitrogen functional groups attached to an aromatic ring is 1. The zero-order valence-corrected chi connectivity index (χ0v) is 10.9. The van der Waals surface area contributed by atoms with Gasteiger partial charge in [-0.15, -0.1) is 0 Å². The van der Waals surface area contributed by atoms with E-state index < -0.39 is 23.6 Å². The number of nitrogens with two attached hydrogens (primary N) is 1. The average Bonchev–Trinajstić information content (AvgIpc) is 2.80. The van der Waals surface area contributed by atoms with Crippen LogP contribution in [0.15, 0.2) is 22.7 Å². The number of amides is 1. The Morgan fingerprint density at radius 3 is 2.70 bits per heavy atom. The van der Waals surface area contributed by atoms with Gasteiger partial charge in [-0.3, -0.25) is 4.79 Å². The van der Waals surface area contributed by atoms with E-state index in [1.54, 1.807) is 13.8 Å². The summed E-state index contributed by atoms with van der Waals surface area (Å²) < 4.78 is 31.8. The van der Waals surface area contributed by atoms with E-state index in [9.17, 15) is 13.6 Å². The van der Waals surface area contributed by atoms with Gasteiger partial charge in [0.05, 0.1) is 17.4 Å². The molecule has 5 nitrogen and oxygen atoms in total. The Bertz CT molecular complexity index is 655. The summed E-state index contributed by atoms with van der Waals surface area (Å²) in [6.45, 7) is 3.35. The van der Waals surface area contributed by atoms with E-state index in [2.05, 4.69) is 10.3 Å². The van der Waals surface area contributed by atoms with E-state index in [4.69, 9.17) is 10.2 Å². The van der Waals surface area contributed by atoms with Crippen LogP contribution in [-0.4, -0.2) is 10.9 Å². The lowest BCUT2D eigenvalue weighted by Crippen LogP contribution is -2.27. The number of rotatable bonds is 3. The van der Waals surface area contributed by atoms with Crippen molar-refractivity contribution in [2.75, 3.05) is 5.73 Å². The van der Waals surface area contributed by atoms with Crippen LogP contribution in [0.25, 0.3) is 0 Å². The number of carbonyl (C=O) groups is 1. The SMILES string of the molecule is Cc1cnc(C(C)NC(=O)c2cc(N)c(F)cc2F)o1. The van der Waals surface area contributed by atoms with E-state index in [1.165, 1.54) is 6.20 Å². The van der Waals surface area contributed by atoms with Crippen LogP contribution in [0.3, 0.4) is 0 Å². The molecule has 0 bridgehead atoms. The second-order valence-electron chi connectivity index (χ2n) is 4.36. The number of anilines is 1. The molecule has 1 unspecified atom stereocenters. The molecular weight excluding hydrogens is 268 g/mol. The first-order chi connectivity index (χ1) is 9.38. The van der Waals surface area contributed by atoms with Gasteiger partial charge in [-0.25, -0.2) is 13.8 Å². The molecule has 20 heavy (non-hydrogen) atoms. The molecule has 0 radical (unpaired) electrons. The van der Waals surface area contributed by atoms with Crippen molar-refractivity contribution in [1.82, 2.24) is 10.3 Å².